The molecule has 0 aliphatic rings. The van der Waals surface area contributed by atoms with Gasteiger partial charge in [-0.05, 0) is 38.3 Å². The number of benzene rings is 1. The minimum Gasteiger partial charge on any atom is -0.548 e. The largest absolute Gasteiger partial charge is 0.548 e. The van der Waals surface area contributed by atoms with E-state index in [1.54, 1.807) is 0 Å². The Morgan fingerprint density at radius 1 is 1.23 bits per heavy atom. The van der Waals surface area contributed by atoms with E-state index in [4.69, 9.17) is 0 Å². The van der Waals surface area contributed by atoms with E-state index in [9.17, 15) is 24.8 Å². The van der Waals surface area contributed by atoms with Crippen LogP contribution in [0.15, 0.2) is 12.1 Å². The van der Waals surface area contributed by atoms with Gasteiger partial charge in [0.1, 0.15) is 0 Å². The number of nitrogens with zero attached hydrogens (tertiary/aromatic N) is 1. The summed E-state index contributed by atoms with van der Waals surface area (Å²) in [5.74, 6) is -1.86. The topological polar surface area (TPSA) is 112 Å². The summed E-state index contributed by atoms with van der Waals surface area (Å²) in [5, 5.41) is 24.4. The summed E-state index contributed by atoms with van der Waals surface area (Å²) in [6, 6.07) is 1.66. The Hall–Kier alpha value is -2.44. The van der Waals surface area contributed by atoms with Crippen molar-refractivity contribution in [3.05, 3.63) is 38.9 Å². The fraction of sp³-hybridized carbons (Fsp3) is 0.467. The average molecular weight is 307 g/mol. The zero-order chi connectivity index (χ0) is 17.0. The van der Waals surface area contributed by atoms with Gasteiger partial charge in [0.05, 0.1) is 16.9 Å². The molecule has 120 valence electrons. The second kappa shape index (κ2) is 7.02. The maximum Gasteiger partial charge on any atom is 0.275 e. The zero-order valence-corrected chi connectivity index (χ0v) is 13.0. The predicted octanol–water partition coefficient (Wildman–Crippen LogP) is 1.11. The van der Waals surface area contributed by atoms with Crippen LogP contribution in [0.25, 0.3) is 0 Å². The molecule has 0 aromatic heterocycles. The van der Waals surface area contributed by atoms with Crippen molar-refractivity contribution < 1.29 is 19.6 Å². The number of hydrogen-bond donors (Lipinski definition) is 1. The summed E-state index contributed by atoms with van der Waals surface area (Å²) in [4.78, 5) is 33.6. The molecule has 1 amide bonds. The van der Waals surface area contributed by atoms with Gasteiger partial charge in [-0.3, -0.25) is 14.9 Å². The number of carbonyl (C=O) groups excluding carboxylic acids is 2. The fourth-order valence-corrected chi connectivity index (χ4v) is 2.30. The molecule has 0 heterocycles. The van der Waals surface area contributed by atoms with Crippen LogP contribution in [0.5, 0.6) is 0 Å². The summed E-state index contributed by atoms with van der Waals surface area (Å²) < 4.78 is 0. The number of nitro groups is 1. The molecule has 0 saturated heterocycles. The Morgan fingerprint density at radius 3 is 2.09 bits per heavy atom. The van der Waals surface area contributed by atoms with Gasteiger partial charge in [0.25, 0.3) is 11.6 Å². The third kappa shape index (κ3) is 4.28. The number of aliphatic carboxylic acids is 1. The van der Waals surface area contributed by atoms with Crippen molar-refractivity contribution in [2.24, 2.45) is 5.92 Å². The number of amides is 1. The Kier molecular flexibility index (Phi) is 5.62. The first-order valence-corrected chi connectivity index (χ1v) is 6.90. The number of aryl methyl sites for hydroxylation is 2. The molecule has 0 bridgehead atoms. The van der Waals surface area contributed by atoms with Crippen molar-refractivity contribution in [1.82, 2.24) is 5.32 Å². The highest BCUT2D eigenvalue weighted by atomic mass is 16.6. The summed E-state index contributed by atoms with van der Waals surface area (Å²) in [7, 11) is 0. The normalized spacial score (nSPS) is 12.0. The second-order valence-electron chi connectivity index (χ2n) is 5.69. The van der Waals surface area contributed by atoms with Crippen molar-refractivity contribution in [1.29, 1.82) is 0 Å². The number of hydrogen-bond acceptors (Lipinski definition) is 5. The highest BCUT2D eigenvalue weighted by Crippen LogP contribution is 2.24. The van der Waals surface area contributed by atoms with Crippen LogP contribution in [-0.4, -0.2) is 22.8 Å². The van der Waals surface area contributed by atoms with Crippen LogP contribution in [0.4, 0.5) is 5.69 Å². The van der Waals surface area contributed by atoms with Gasteiger partial charge in [-0.15, -0.1) is 0 Å². The van der Waals surface area contributed by atoms with Gasteiger partial charge in [-0.25, -0.2) is 0 Å². The monoisotopic (exact) mass is 307 g/mol. The average Bonchev–Trinajstić information content (AvgIpc) is 2.35. The molecule has 0 unspecified atom stereocenters. The summed E-state index contributed by atoms with van der Waals surface area (Å²) in [6.07, 6.45) is 0.249. The first kappa shape index (κ1) is 17.6. The van der Waals surface area contributed by atoms with E-state index < -0.39 is 22.8 Å². The molecule has 1 aromatic rings. The molecule has 0 spiro atoms. The zero-order valence-electron chi connectivity index (χ0n) is 13.0. The van der Waals surface area contributed by atoms with E-state index in [1.807, 2.05) is 13.8 Å². The van der Waals surface area contributed by atoms with Crippen LogP contribution in [0, 0.1) is 29.9 Å². The maximum atomic E-state index is 12.2. The third-order valence-corrected chi connectivity index (χ3v) is 3.23. The van der Waals surface area contributed by atoms with Gasteiger partial charge in [0, 0.05) is 16.7 Å². The molecule has 22 heavy (non-hydrogen) atoms. The standard InChI is InChI=1S/C15H20N2O5/c1-8(2)5-12(15(19)20)16-14(18)11-6-9(3)13(17(21)22)10(4)7-11/h6-8,12H,5H2,1-4H3,(H,16,18)(H,19,20)/p-1/t12-/m0/s1. The fourth-order valence-electron chi connectivity index (χ4n) is 2.30. The number of carbonyl (C=O) groups is 2. The maximum absolute atomic E-state index is 12.2. The van der Waals surface area contributed by atoms with Gasteiger partial charge in [0.15, 0.2) is 0 Å². The Labute approximate surface area is 128 Å². The molecular weight excluding hydrogens is 288 g/mol. The number of nitro benzene ring substituents is 1. The van der Waals surface area contributed by atoms with Gasteiger partial charge < -0.3 is 15.2 Å². The second-order valence-corrected chi connectivity index (χ2v) is 5.69. The van der Waals surface area contributed by atoms with Crippen LogP contribution in [0.1, 0.15) is 41.8 Å². The molecule has 1 N–H and O–H groups in total. The van der Waals surface area contributed by atoms with Crippen LogP contribution >= 0.6 is 0 Å². The minimum atomic E-state index is -1.35. The van der Waals surface area contributed by atoms with E-state index in [0.29, 0.717) is 11.1 Å². The molecular formula is C15H19N2O5-. The Balaban J connectivity index is 3.03. The summed E-state index contributed by atoms with van der Waals surface area (Å²) >= 11 is 0. The van der Waals surface area contributed by atoms with E-state index in [2.05, 4.69) is 5.32 Å². The van der Waals surface area contributed by atoms with Gasteiger partial charge in [0.2, 0.25) is 0 Å². The lowest BCUT2D eigenvalue weighted by molar-refractivity contribution is -0.386. The lowest BCUT2D eigenvalue weighted by Crippen LogP contribution is -2.48. The highest BCUT2D eigenvalue weighted by Gasteiger charge is 2.20. The van der Waals surface area contributed by atoms with Crippen LogP contribution in [0.3, 0.4) is 0 Å². The smallest absolute Gasteiger partial charge is 0.275 e. The van der Waals surface area contributed by atoms with Gasteiger partial charge in [-0.2, -0.15) is 0 Å². The van der Waals surface area contributed by atoms with E-state index in [-0.39, 0.29) is 23.6 Å². The number of carboxylic acids is 1. The first-order valence-electron chi connectivity index (χ1n) is 6.90. The molecule has 0 aliphatic heterocycles. The SMILES string of the molecule is Cc1cc(C(=O)N[C@@H](CC(C)C)C(=O)[O-])cc(C)c1[N+](=O)[O-]. The number of carboxylic acid groups (broad SMARTS) is 1. The quantitative estimate of drug-likeness (QED) is 0.624. The molecule has 1 aromatic carbocycles. The first-order chi connectivity index (χ1) is 10.1. The van der Waals surface area contributed by atoms with Crippen molar-refractivity contribution in [2.75, 3.05) is 0 Å². The summed E-state index contributed by atoms with van der Waals surface area (Å²) in [6.45, 7) is 6.74. The van der Waals surface area contributed by atoms with Crippen LogP contribution in [0.2, 0.25) is 0 Å². The Morgan fingerprint density at radius 2 is 1.73 bits per heavy atom. The molecule has 1 rings (SSSR count). The molecule has 7 nitrogen and oxygen atoms in total. The highest BCUT2D eigenvalue weighted by molar-refractivity contribution is 5.97. The van der Waals surface area contributed by atoms with Crippen molar-refractivity contribution >= 4 is 17.6 Å². The van der Waals surface area contributed by atoms with Crippen LogP contribution in [-0.2, 0) is 4.79 Å². The predicted molar refractivity (Wildman–Crippen MR) is 78.3 cm³/mol. The third-order valence-electron chi connectivity index (χ3n) is 3.23. The summed E-state index contributed by atoms with van der Waals surface area (Å²) in [5.41, 5.74) is 0.846. The molecule has 7 heteroatoms. The lowest BCUT2D eigenvalue weighted by Gasteiger charge is -2.21. The van der Waals surface area contributed by atoms with Gasteiger partial charge >= 0.3 is 0 Å². The number of rotatable bonds is 6. The lowest BCUT2D eigenvalue weighted by atomic mass is 10.0. The van der Waals surface area contributed by atoms with Crippen molar-refractivity contribution in [3.63, 3.8) is 0 Å². The molecule has 0 radical (unpaired) electrons. The molecule has 1 atom stereocenters. The van der Waals surface area contributed by atoms with E-state index >= 15 is 0 Å². The Bertz CT molecular complexity index is 587. The van der Waals surface area contributed by atoms with Crippen LogP contribution < -0.4 is 10.4 Å². The molecule has 0 aliphatic carbocycles. The van der Waals surface area contributed by atoms with Crippen molar-refractivity contribution in [3.8, 4) is 0 Å². The van der Waals surface area contributed by atoms with Crippen molar-refractivity contribution in [2.45, 2.75) is 40.2 Å². The molecule has 0 saturated carbocycles. The molecule has 0 fully saturated rings. The minimum absolute atomic E-state index is 0.0461. The van der Waals surface area contributed by atoms with Gasteiger partial charge in [-0.1, -0.05) is 13.8 Å². The van der Waals surface area contributed by atoms with E-state index in [1.165, 1.54) is 26.0 Å². The van der Waals surface area contributed by atoms with E-state index in [0.717, 1.165) is 0 Å². The number of nitrogens with one attached hydrogen (secondary N) is 1.